The van der Waals surface area contributed by atoms with E-state index in [2.05, 4.69) is 15.3 Å². The van der Waals surface area contributed by atoms with Crippen molar-refractivity contribution in [3.05, 3.63) is 84.3 Å². The number of anilines is 1. The summed E-state index contributed by atoms with van der Waals surface area (Å²) in [7, 11) is 0. The van der Waals surface area contributed by atoms with Crippen LogP contribution in [0.25, 0.3) is 0 Å². The van der Waals surface area contributed by atoms with Crippen molar-refractivity contribution in [3.8, 4) is 0 Å². The van der Waals surface area contributed by atoms with Crippen LogP contribution in [0.2, 0.25) is 0 Å². The number of hydrogen-bond acceptors (Lipinski definition) is 4. The van der Waals surface area contributed by atoms with E-state index >= 15 is 0 Å². The van der Waals surface area contributed by atoms with E-state index in [9.17, 15) is 4.79 Å². The van der Waals surface area contributed by atoms with Gasteiger partial charge >= 0.3 is 0 Å². The summed E-state index contributed by atoms with van der Waals surface area (Å²) < 4.78 is 0. The van der Waals surface area contributed by atoms with Crippen LogP contribution in [0.4, 0.5) is 5.69 Å². The number of carbonyl (C=O) groups is 1. The maximum absolute atomic E-state index is 12.3. The van der Waals surface area contributed by atoms with Crippen molar-refractivity contribution in [3.63, 3.8) is 0 Å². The van der Waals surface area contributed by atoms with Crippen LogP contribution in [0.15, 0.2) is 78.2 Å². The normalized spacial score (nSPS) is 10.3. The molecule has 23 heavy (non-hydrogen) atoms. The smallest absolute Gasteiger partial charge is 0.255 e. The summed E-state index contributed by atoms with van der Waals surface area (Å²) in [5.41, 5.74) is 2.50. The van der Waals surface area contributed by atoms with Gasteiger partial charge in [0, 0.05) is 29.4 Å². The van der Waals surface area contributed by atoms with Crippen LogP contribution < -0.4 is 5.32 Å². The van der Waals surface area contributed by atoms with Gasteiger partial charge in [0.2, 0.25) is 0 Å². The molecular formula is C18H15N3OS. The van der Waals surface area contributed by atoms with Gasteiger partial charge in [0.15, 0.2) is 0 Å². The number of amides is 1. The molecule has 1 aromatic heterocycles. The molecule has 3 rings (SSSR count). The Morgan fingerprint density at radius 1 is 1.04 bits per heavy atom. The van der Waals surface area contributed by atoms with Gasteiger partial charge in [0.25, 0.3) is 5.91 Å². The number of aromatic nitrogens is 2. The lowest BCUT2D eigenvalue weighted by atomic mass is 10.1. The number of nitrogens with one attached hydrogen (secondary N) is 1. The highest BCUT2D eigenvalue weighted by Crippen LogP contribution is 2.20. The summed E-state index contributed by atoms with van der Waals surface area (Å²) in [6.07, 6.45) is 5.06. The van der Waals surface area contributed by atoms with Crippen LogP contribution in [0.3, 0.4) is 0 Å². The molecule has 5 heteroatoms. The van der Waals surface area contributed by atoms with Crippen LogP contribution in [-0.4, -0.2) is 15.9 Å². The van der Waals surface area contributed by atoms with E-state index < -0.39 is 0 Å². The summed E-state index contributed by atoms with van der Waals surface area (Å²) >= 11 is 1.59. The van der Waals surface area contributed by atoms with E-state index in [1.807, 2.05) is 54.6 Å². The van der Waals surface area contributed by atoms with Gasteiger partial charge in [0.1, 0.15) is 5.03 Å². The van der Waals surface area contributed by atoms with Crippen molar-refractivity contribution >= 4 is 23.4 Å². The number of benzene rings is 2. The van der Waals surface area contributed by atoms with Gasteiger partial charge in [-0.05, 0) is 29.8 Å². The Bertz CT molecular complexity index is 779. The number of rotatable bonds is 5. The van der Waals surface area contributed by atoms with Gasteiger partial charge in [-0.3, -0.25) is 9.78 Å². The second-order valence-electron chi connectivity index (χ2n) is 4.85. The van der Waals surface area contributed by atoms with Gasteiger partial charge in [-0.15, -0.1) is 11.8 Å². The molecule has 1 amide bonds. The first-order chi connectivity index (χ1) is 11.3. The average Bonchev–Trinajstić information content (AvgIpc) is 2.62. The zero-order valence-corrected chi connectivity index (χ0v) is 13.2. The summed E-state index contributed by atoms with van der Waals surface area (Å²) in [6, 6.07) is 17.1. The molecule has 0 atom stereocenters. The third kappa shape index (κ3) is 4.40. The highest BCUT2D eigenvalue weighted by Gasteiger charge is 2.07. The Morgan fingerprint density at radius 2 is 1.91 bits per heavy atom. The third-order valence-electron chi connectivity index (χ3n) is 3.15. The van der Waals surface area contributed by atoms with E-state index in [1.165, 1.54) is 0 Å². The molecular weight excluding hydrogens is 306 g/mol. The fraction of sp³-hybridized carbons (Fsp3) is 0.0556. The van der Waals surface area contributed by atoms with Crippen molar-refractivity contribution in [1.29, 1.82) is 0 Å². The molecule has 0 radical (unpaired) electrons. The van der Waals surface area contributed by atoms with Crippen LogP contribution in [0, 0.1) is 0 Å². The topological polar surface area (TPSA) is 54.9 Å². The second-order valence-corrected chi connectivity index (χ2v) is 5.85. The van der Waals surface area contributed by atoms with E-state index in [0.717, 1.165) is 22.0 Å². The number of carbonyl (C=O) groups excluding carboxylic acids is 1. The first kappa shape index (κ1) is 15.2. The van der Waals surface area contributed by atoms with Crippen molar-refractivity contribution in [2.24, 2.45) is 0 Å². The molecule has 0 bridgehead atoms. The Kier molecular flexibility index (Phi) is 5.01. The molecule has 3 aromatic rings. The Labute approximate surface area is 139 Å². The minimum Gasteiger partial charge on any atom is -0.322 e. The molecule has 1 N–H and O–H groups in total. The second kappa shape index (κ2) is 7.56. The minimum atomic E-state index is -0.109. The first-order valence-corrected chi connectivity index (χ1v) is 8.14. The van der Waals surface area contributed by atoms with Crippen molar-refractivity contribution in [1.82, 2.24) is 9.97 Å². The van der Waals surface area contributed by atoms with Gasteiger partial charge < -0.3 is 5.32 Å². The van der Waals surface area contributed by atoms with Crippen molar-refractivity contribution in [2.75, 3.05) is 5.32 Å². The molecule has 0 spiro atoms. The molecule has 114 valence electrons. The Balaban J connectivity index is 1.66. The first-order valence-electron chi connectivity index (χ1n) is 7.15. The van der Waals surface area contributed by atoms with Gasteiger partial charge in [-0.2, -0.15) is 0 Å². The largest absolute Gasteiger partial charge is 0.322 e. The number of para-hydroxylation sites is 1. The minimum absolute atomic E-state index is 0.109. The molecule has 1 heterocycles. The molecule has 0 aliphatic rings. The number of thioether (sulfide) groups is 1. The summed E-state index contributed by atoms with van der Waals surface area (Å²) in [4.78, 5) is 20.6. The van der Waals surface area contributed by atoms with Crippen LogP contribution >= 0.6 is 11.8 Å². The SMILES string of the molecule is O=C(Nc1ccccc1)c1cccc(CSc2cnccn2)c1. The lowest BCUT2D eigenvalue weighted by molar-refractivity contribution is 0.102. The van der Waals surface area contributed by atoms with Gasteiger partial charge in [-0.1, -0.05) is 30.3 Å². The lowest BCUT2D eigenvalue weighted by Gasteiger charge is -2.07. The quantitative estimate of drug-likeness (QED) is 0.721. The molecule has 0 saturated carbocycles. The molecule has 0 unspecified atom stereocenters. The molecule has 0 fully saturated rings. The van der Waals surface area contributed by atoms with E-state index in [4.69, 9.17) is 0 Å². The average molecular weight is 321 g/mol. The van der Waals surface area contributed by atoms with E-state index in [-0.39, 0.29) is 5.91 Å². The van der Waals surface area contributed by atoms with Crippen molar-refractivity contribution < 1.29 is 4.79 Å². The fourth-order valence-electron chi connectivity index (χ4n) is 2.04. The number of hydrogen-bond donors (Lipinski definition) is 1. The zero-order valence-electron chi connectivity index (χ0n) is 12.3. The van der Waals surface area contributed by atoms with Crippen molar-refractivity contribution in [2.45, 2.75) is 10.8 Å². The van der Waals surface area contributed by atoms with E-state index in [0.29, 0.717) is 5.56 Å². The molecule has 2 aromatic carbocycles. The molecule has 0 aliphatic heterocycles. The van der Waals surface area contributed by atoms with Gasteiger partial charge in [-0.25, -0.2) is 4.98 Å². The molecule has 0 aliphatic carbocycles. The fourth-order valence-corrected chi connectivity index (χ4v) is 2.81. The van der Waals surface area contributed by atoms with Crippen LogP contribution in [0.5, 0.6) is 0 Å². The summed E-state index contributed by atoms with van der Waals surface area (Å²) in [5, 5.41) is 3.76. The third-order valence-corrected chi connectivity index (χ3v) is 4.13. The Hall–Kier alpha value is -2.66. The van der Waals surface area contributed by atoms with Crippen LogP contribution in [0.1, 0.15) is 15.9 Å². The highest BCUT2D eigenvalue weighted by molar-refractivity contribution is 7.98. The lowest BCUT2D eigenvalue weighted by Crippen LogP contribution is -2.11. The van der Waals surface area contributed by atoms with Crippen LogP contribution in [-0.2, 0) is 5.75 Å². The maximum atomic E-state index is 12.3. The zero-order chi connectivity index (χ0) is 15.9. The molecule has 0 saturated heterocycles. The predicted molar refractivity (Wildman–Crippen MR) is 92.4 cm³/mol. The predicted octanol–water partition coefficient (Wildman–Crippen LogP) is 4.02. The molecule has 4 nitrogen and oxygen atoms in total. The number of nitrogens with zero attached hydrogens (tertiary/aromatic N) is 2. The standard InChI is InChI=1S/C18H15N3OS/c22-18(21-16-7-2-1-3-8-16)15-6-4-5-14(11-15)13-23-17-12-19-9-10-20-17/h1-12H,13H2,(H,21,22). The van der Waals surface area contributed by atoms with E-state index in [1.54, 1.807) is 30.4 Å². The summed E-state index contributed by atoms with van der Waals surface area (Å²) in [6.45, 7) is 0. The highest BCUT2D eigenvalue weighted by atomic mass is 32.2. The monoisotopic (exact) mass is 321 g/mol. The van der Waals surface area contributed by atoms with Gasteiger partial charge in [0.05, 0.1) is 6.20 Å². The Morgan fingerprint density at radius 3 is 2.70 bits per heavy atom. The summed E-state index contributed by atoms with van der Waals surface area (Å²) in [5.74, 6) is 0.632. The maximum Gasteiger partial charge on any atom is 0.255 e.